The first-order valence-corrected chi connectivity index (χ1v) is 12.1. The summed E-state index contributed by atoms with van der Waals surface area (Å²) in [5.41, 5.74) is 2.74. The molecular formula is C25H28ClN5O2. The first-order valence-electron chi connectivity index (χ1n) is 11.7. The Hall–Kier alpha value is -2.93. The SMILES string of the molecule is O=C(Cc1cccc(Cl)c1)N1CCCC(C(=O)N2CCCC(c3nc4ccncc4[nH]3)C2)C1. The quantitative estimate of drug-likeness (QED) is 0.635. The second-order valence-electron chi connectivity index (χ2n) is 9.12. The van der Waals surface area contributed by atoms with Gasteiger partial charge in [-0.1, -0.05) is 23.7 Å². The van der Waals surface area contributed by atoms with Crippen LogP contribution < -0.4 is 0 Å². The summed E-state index contributed by atoms with van der Waals surface area (Å²) >= 11 is 6.06. The molecule has 172 valence electrons. The molecule has 0 spiro atoms. The Bertz CT molecular complexity index is 1130. The van der Waals surface area contributed by atoms with Crippen LogP contribution in [0.5, 0.6) is 0 Å². The lowest BCUT2D eigenvalue weighted by Crippen LogP contribution is -2.49. The van der Waals surface area contributed by atoms with Crippen molar-refractivity contribution in [2.75, 3.05) is 26.2 Å². The average Bonchev–Trinajstić information content (AvgIpc) is 3.28. The van der Waals surface area contributed by atoms with Crippen molar-refractivity contribution in [3.8, 4) is 0 Å². The van der Waals surface area contributed by atoms with E-state index in [1.54, 1.807) is 18.5 Å². The van der Waals surface area contributed by atoms with Gasteiger partial charge in [0, 0.05) is 43.3 Å². The van der Waals surface area contributed by atoms with Gasteiger partial charge in [0.2, 0.25) is 11.8 Å². The lowest BCUT2D eigenvalue weighted by Gasteiger charge is -2.38. The number of pyridine rings is 1. The van der Waals surface area contributed by atoms with Crippen LogP contribution in [0.25, 0.3) is 11.0 Å². The Balaban J connectivity index is 1.22. The van der Waals surface area contributed by atoms with Crippen molar-refractivity contribution in [1.29, 1.82) is 0 Å². The number of benzene rings is 1. The van der Waals surface area contributed by atoms with Crippen molar-refractivity contribution >= 4 is 34.4 Å². The lowest BCUT2D eigenvalue weighted by molar-refractivity contribution is -0.141. The van der Waals surface area contributed by atoms with Gasteiger partial charge in [0.25, 0.3) is 0 Å². The van der Waals surface area contributed by atoms with E-state index in [-0.39, 0.29) is 23.7 Å². The fourth-order valence-corrected chi connectivity index (χ4v) is 5.28. The van der Waals surface area contributed by atoms with Crippen LogP contribution in [-0.4, -0.2) is 62.7 Å². The number of imidazole rings is 1. The molecule has 0 saturated carbocycles. The Morgan fingerprint density at radius 1 is 1.09 bits per heavy atom. The van der Waals surface area contributed by atoms with Crippen molar-refractivity contribution in [2.24, 2.45) is 5.92 Å². The molecule has 8 heteroatoms. The van der Waals surface area contributed by atoms with Gasteiger partial charge in [-0.15, -0.1) is 0 Å². The third-order valence-corrected chi connectivity index (χ3v) is 7.02. The van der Waals surface area contributed by atoms with E-state index in [4.69, 9.17) is 16.6 Å². The summed E-state index contributed by atoms with van der Waals surface area (Å²) in [5, 5.41) is 0.632. The molecule has 2 aliphatic heterocycles. The van der Waals surface area contributed by atoms with E-state index in [9.17, 15) is 9.59 Å². The smallest absolute Gasteiger partial charge is 0.227 e. The predicted molar refractivity (Wildman–Crippen MR) is 127 cm³/mol. The van der Waals surface area contributed by atoms with Crippen LogP contribution in [0.2, 0.25) is 5.02 Å². The summed E-state index contributed by atoms with van der Waals surface area (Å²) in [6, 6.07) is 9.31. The zero-order chi connectivity index (χ0) is 22.8. The predicted octanol–water partition coefficient (Wildman–Crippen LogP) is 3.80. The summed E-state index contributed by atoms with van der Waals surface area (Å²) in [4.78, 5) is 42.4. The van der Waals surface area contributed by atoms with Gasteiger partial charge in [-0.25, -0.2) is 4.98 Å². The van der Waals surface area contributed by atoms with Crippen LogP contribution in [0.3, 0.4) is 0 Å². The van der Waals surface area contributed by atoms with Gasteiger partial charge in [0.1, 0.15) is 5.82 Å². The first-order chi connectivity index (χ1) is 16.1. The number of hydrogen-bond donors (Lipinski definition) is 1. The Kier molecular flexibility index (Phi) is 6.31. The molecule has 3 aromatic rings. The van der Waals surface area contributed by atoms with Gasteiger partial charge in [-0.3, -0.25) is 14.6 Å². The topological polar surface area (TPSA) is 82.2 Å². The molecule has 1 N–H and O–H groups in total. The largest absolute Gasteiger partial charge is 0.342 e. The van der Waals surface area contributed by atoms with Crippen LogP contribution in [0.15, 0.2) is 42.7 Å². The molecule has 2 fully saturated rings. The number of nitrogens with zero attached hydrogens (tertiary/aromatic N) is 4. The van der Waals surface area contributed by atoms with Gasteiger partial charge < -0.3 is 14.8 Å². The molecule has 2 atom stereocenters. The van der Waals surface area contributed by atoms with E-state index < -0.39 is 0 Å². The first kappa shape index (κ1) is 21.9. The number of fused-ring (bicyclic) bond motifs is 1. The molecule has 2 amide bonds. The van der Waals surface area contributed by atoms with Gasteiger partial charge in [-0.05, 0) is 49.4 Å². The van der Waals surface area contributed by atoms with Crippen LogP contribution in [-0.2, 0) is 16.0 Å². The fraction of sp³-hybridized carbons (Fsp3) is 0.440. The molecule has 5 rings (SSSR count). The molecule has 1 aromatic carbocycles. The molecule has 7 nitrogen and oxygen atoms in total. The lowest BCUT2D eigenvalue weighted by atomic mass is 9.92. The highest BCUT2D eigenvalue weighted by Crippen LogP contribution is 2.29. The summed E-state index contributed by atoms with van der Waals surface area (Å²) in [6.07, 6.45) is 7.49. The summed E-state index contributed by atoms with van der Waals surface area (Å²) in [7, 11) is 0. The molecule has 2 aromatic heterocycles. The molecule has 0 aliphatic carbocycles. The van der Waals surface area contributed by atoms with E-state index >= 15 is 0 Å². The van der Waals surface area contributed by atoms with Crippen molar-refractivity contribution in [3.63, 3.8) is 0 Å². The van der Waals surface area contributed by atoms with Crippen LogP contribution in [0.1, 0.15) is 43.0 Å². The number of likely N-dealkylation sites (tertiary alicyclic amines) is 2. The number of carbonyl (C=O) groups is 2. The maximum absolute atomic E-state index is 13.4. The van der Waals surface area contributed by atoms with E-state index in [0.29, 0.717) is 31.1 Å². The van der Waals surface area contributed by atoms with Crippen LogP contribution in [0, 0.1) is 5.92 Å². The molecule has 0 radical (unpaired) electrons. The number of carbonyl (C=O) groups excluding carboxylic acids is 2. The van der Waals surface area contributed by atoms with Gasteiger partial charge >= 0.3 is 0 Å². The van der Waals surface area contributed by atoms with Gasteiger partial charge in [0.05, 0.1) is 29.6 Å². The minimum absolute atomic E-state index is 0.0576. The molecule has 0 bridgehead atoms. The zero-order valence-corrected chi connectivity index (χ0v) is 19.3. The highest BCUT2D eigenvalue weighted by atomic mass is 35.5. The van der Waals surface area contributed by atoms with Crippen molar-refractivity contribution in [1.82, 2.24) is 24.8 Å². The number of nitrogens with one attached hydrogen (secondary N) is 1. The minimum atomic E-state index is -0.138. The van der Waals surface area contributed by atoms with Crippen molar-refractivity contribution in [3.05, 3.63) is 59.1 Å². The zero-order valence-electron chi connectivity index (χ0n) is 18.5. The molecule has 2 saturated heterocycles. The second kappa shape index (κ2) is 9.51. The summed E-state index contributed by atoms with van der Waals surface area (Å²) in [5.74, 6) is 1.21. The van der Waals surface area contributed by atoms with E-state index in [2.05, 4.69) is 9.97 Å². The number of hydrogen-bond acceptors (Lipinski definition) is 4. The van der Waals surface area contributed by atoms with Crippen molar-refractivity contribution < 1.29 is 9.59 Å². The molecule has 33 heavy (non-hydrogen) atoms. The third kappa shape index (κ3) is 4.88. The Labute approximate surface area is 198 Å². The Morgan fingerprint density at radius 3 is 2.79 bits per heavy atom. The third-order valence-electron chi connectivity index (χ3n) is 6.79. The number of aromatic nitrogens is 3. The van der Waals surface area contributed by atoms with Gasteiger partial charge in [-0.2, -0.15) is 0 Å². The van der Waals surface area contributed by atoms with E-state index in [1.807, 2.05) is 34.1 Å². The number of amides is 2. The highest BCUT2D eigenvalue weighted by Gasteiger charge is 2.34. The fourth-order valence-electron chi connectivity index (χ4n) is 5.07. The maximum Gasteiger partial charge on any atom is 0.227 e. The molecule has 2 aliphatic rings. The molecule has 4 heterocycles. The van der Waals surface area contributed by atoms with Crippen LogP contribution >= 0.6 is 11.6 Å². The van der Waals surface area contributed by atoms with E-state index in [1.165, 1.54) is 0 Å². The molecular weight excluding hydrogens is 438 g/mol. The van der Waals surface area contributed by atoms with Gasteiger partial charge in [0.15, 0.2) is 0 Å². The Morgan fingerprint density at radius 2 is 1.94 bits per heavy atom. The molecule has 2 unspecified atom stereocenters. The second-order valence-corrected chi connectivity index (χ2v) is 9.56. The number of H-pyrrole nitrogens is 1. The normalized spacial score (nSPS) is 21.4. The van der Waals surface area contributed by atoms with Crippen molar-refractivity contribution in [2.45, 2.75) is 38.0 Å². The average molecular weight is 466 g/mol. The number of aromatic amines is 1. The standard InChI is InChI=1S/C25H28ClN5O2/c26-20-7-1-4-17(12-20)13-23(32)30-10-3-6-19(16-30)25(33)31-11-2-5-18(15-31)24-28-21-8-9-27-14-22(21)29-24/h1,4,7-9,12,14,18-19H,2-3,5-6,10-11,13,15-16H2,(H,28,29). The monoisotopic (exact) mass is 465 g/mol. The maximum atomic E-state index is 13.4. The highest BCUT2D eigenvalue weighted by molar-refractivity contribution is 6.30. The number of piperidine rings is 2. The minimum Gasteiger partial charge on any atom is -0.342 e. The van der Waals surface area contributed by atoms with Crippen LogP contribution in [0.4, 0.5) is 0 Å². The number of halogens is 1. The van der Waals surface area contributed by atoms with E-state index in [0.717, 1.165) is 54.6 Å². The summed E-state index contributed by atoms with van der Waals surface area (Å²) < 4.78 is 0. The summed E-state index contributed by atoms with van der Waals surface area (Å²) in [6.45, 7) is 2.64. The number of rotatable bonds is 4.